The van der Waals surface area contributed by atoms with Crippen molar-refractivity contribution in [1.82, 2.24) is 14.9 Å². The fraction of sp³-hybridized carbons (Fsp3) is 0.333. The largest absolute Gasteiger partial charge is 0.339 e. The number of aromatic nitrogens is 2. The number of aliphatic imine (C=N–C) groups is 1. The summed E-state index contributed by atoms with van der Waals surface area (Å²) in [6.07, 6.45) is 3.92. The van der Waals surface area contributed by atoms with Gasteiger partial charge in [-0.2, -0.15) is 4.98 Å². The van der Waals surface area contributed by atoms with Gasteiger partial charge in [0.2, 0.25) is 17.6 Å². The van der Waals surface area contributed by atoms with Gasteiger partial charge in [-0.05, 0) is 42.5 Å². The van der Waals surface area contributed by atoms with E-state index in [0.717, 1.165) is 24.1 Å². The van der Waals surface area contributed by atoms with E-state index in [2.05, 4.69) is 25.2 Å². The molecule has 32 heavy (non-hydrogen) atoms. The van der Waals surface area contributed by atoms with E-state index >= 15 is 0 Å². The van der Waals surface area contributed by atoms with Gasteiger partial charge in [0.05, 0.1) is 9.77 Å². The molecule has 0 spiro atoms. The van der Waals surface area contributed by atoms with E-state index < -0.39 is 10.0 Å². The first kappa shape index (κ1) is 22.2. The quantitative estimate of drug-likeness (QED) is 0.540. The van der Waals surface area contributed by atoms with Crippen molar-refractivity contribution in [2.24, 2.45) is 4.99 Å². The highest BCUT2D eigenvalue weighted by Gasteiger charge is 2.18. The van der Waals surface area contributed by atoms with Gasteiger partial charge in [-0.15, -0.1) is 11.3 Å². The number of rotatable bonds is 7. The Morgan fingerprint density at radius 2 is 2.06 bits per heavy atom. The minimum atomic E-state index is -3.77. The molecular formula is C21H23N5O4S2. The van der Waals surface area contributed by atoms with Gasteiger partial charge in [-0.25, -0.2) is 8.42 Å². The first-order valence-electron chi connectivity index (χ1n) is 10.3. The molecule has 1 aliphatic heterocycles. The number of amidine groups is 1. The van der Waals surface area contributed by atoms with Crippen molar-refractivity contribution in [3.8, 4) is 10.7 Å². The van der Waals surface area contributed by atoms with Gasteiger partial charge in [-0.3, -0.25) is 14.5 Å². The zero-order valence-corrected chi connectivity index (χ0v) is 18.9. The second kappa shape index (κ2) is 10.0. The van der Waals surface area contributed by atoms with Gasteiger partial charge in [0.15, 0.2) is 0 Å². The third kappa shape index (κ3) is 5.80. The minimum absolute atomic E-state index is 0.0692. The van der Waals surface area contributed by atoms with Gasteiger partial charge in [0.1, 0.15) is 5.84 Å². The second-order valence-electron chi connectivity index (χ2n) is 7.31. The number of hydrogen-bond donors (Lipinski definition) is 2. The van der Waals surface area contributed by atoms with Crippen LogP contribution >= 0.6 is 11.3 Å². The third-order valence-electron chi connectivity index (χ3n) is 4.83. The van der Waals surface area contributed by atoms with E-state index in [9.17, 15) is 13.2 Å². The fourth-order valence-corrected chi connectivity index (χ4v) is 5.00. The Hall–Kier alpha value is -3.05. The molecule has 0 radical (unpaired) electrons. The summed E-state index contributed by atoms with van der Waals surface area (Å²) < 4.78 is 33.2. The number of thiophene rings is 1. The average molecular weight is 474 g/mol. The molecular weight excluding hydrogens is 450 g/mol. The molecule has 0 fully saturated rings. The average Bonchev–Trinajstić information content (AvgIpc) is 3.41. The second-order valence-corrected chi connectivity index (χ2v) is 9.94. The van der Waals surface area contributed by atoms with Crippen LogP contribution in [0.25, 0.3) is 10.7 Å². The van der Waals surface area contributed by atoms with Gasteiger partial charge in [0.25, 0.3) is 10.0 Å². The van der Waals surface area contributed by atoms with E-state index in [1.54, 1.807) is 12.1 Å². The van der Waals surface area contributed by atoms with E-state index in [1.807, 2.05) is 17.5 Å². The van der Waals surface area contributed by atoms with Crippen molar-refractivity contribution < 1.29 is 17.7 Å². The van der Waals surface area contributed by atoms with Crippen LogP contribution in [0.4, 0.5) is 5.69 Å². The SMILES string of the molecule is O=C(CCc1nc(-c2cccs2)no1)Nc1cccc(S(=O)(=O)NC2=NCCCCC2)c1. The van der Waals surface area contributed by atoms with Crippen LogP contribution in [0.1, 0.15) is 38.0 Å². The lowest BCUT2D eigenvalue weighted by Gasteiger charge is -2.11. The van der Waals surface area contributed by atoms with Crippen LogP contribution in [0.15, 0.2) is 56.2 Å². The number of benzene rings is 1. The molecule has 0 saturated carbocycles. The molecule has 3 aromatic rings. The fourth-order valence-electron chi connectivity index (χ4n) is 3.22. The molecule has 4 rings (SSSR count). The monoisotopic (exact) mass is 473 g/mol. The summed E-state index contributed by atoms with van der Waals surface area (Å²) in [6, 6.07) is 9.94. The zero-order chi connectivity index (χ0) is 22.4. The van der Waals surface area contributed by atoms with Crippen molar-refractivity contribution in [2.75, 3.05) is 11.9 Å². The van der Waals surface area contributed by atoms with Gasteiger partial charge >= 0.3 is 0 Å². The Kier molecular flexibility index (Phi) is 6.96. The summed E-state index contributed by atoms with van der Waals surface area (Å²) in [6.45, 7) is 0.628. The van der Waals surface area contributed by atoms with Crippen LogP contribution in [0.2, 0.25) is 0 Å². The van der Waals surface area contributed by atoms with Crippen LogP contribution in [0, 0.1) is 0 Å². The van der Waals surface area contributed by atoms with E-state index in [4.69, 9.17) is 4.52 Å². The predicted octanol–water partition coefficient (Wildman–Crippen LogP) is 3.62. The molecule has 0 saturated heterocycles. The van der Waals surface area contributed by atoms with E-state index in [-0.39, 0.29) is 23.6 Å². The van der Waals surface area contributed by atoms with Crippen molar-refractivity contribution in [3.05, 3.63) is 47.7 Å². The van der Waals surface area contributed by atoms with Crippen LogP contribution in [-0.4, -0.2) is 36.8 Å². The summed E-state index contributed by atoms with van der Waals surface area (Å²) in [5.74, 6) is 1.07. The smallest absolute Gasteiger partial charge is 0.262 e. The number of carbonyl (C=O) groups is 1. The number of hydrogen-bond acceptors (Lipinski definition) is 8. The molecule has 9 nitrogen and oxygen atoms in total. The van der Waals surface area contributed by atoms with Crippen LogP contribution in [-0.2, 0) is 21.2 Å². The lowest BCUT2D eigenvalue weighted by Crippen LogP contribution is -2.30. The Morgan fingerprint density at radius 1 is 1.16 bits per heavy atom. The van der Waals surface area contributed by atoms with Gasteiger partial charge < -0.3 is 9.84 Å². The van der Waals surface area contributed by atoms with Gasteiger partial charge in [0, 0.05) is 31.5 Å². The highest BCUT2D eigenvalue weighted by Crippen LogP contribution is 2.22. The molecule has 11 heteroatoms. The summed E-state index contributed by atoms with van der Waals surface area (Å²) >= 11 is 1.50. The first-order chi connectivity index (χ1) is 15.5. The van der Waals surface area contributed by atoms with Crippen LogP contribution in [0.5, 0.6) is 0 Å². The van der Waals surface area contributed by atoms with Crippen molar-refractivity contribution in [3.63, 3.8) is 0 Å². The number of aryl methyl sites for hydroxylation is 1. The number of carbonyl (C=O) groups excluding carboxylic acids is 1. The molecule has 0 aliphatic carbocycles. The molecule has 2 N–H and O–H groups in total. The summed E-state index contributed by atoms with van der Waals surface area (Å²) in [5.41, 5.74) is 0.394. The Morgan fingerprint density at radius 3 is 2.91 bits per heavy atom. The highest BCUT2D eigenvalue weighted by atomic mass is 32.2. The summed E-state index contributed by atoms with van der Waals surface area (Å²) in [7, 11) is -3.77. The van der Waals surface area contributed by atoms with Crippen LogP contribution < -0.4 is 10.0 Å². The Bertz CT molecular complexity index is 1200. The standard InChI is InChI=1S/C21H23N5O4S2/c27-19(10-11-20-24-21(25-30-20)17-8-5-13-31-17)23-15-6-4-7-16(14-15)32(28,29)26-18-9-2-1-3-12-22-18/h4-8,13-14H,1-3,9-12H2,(H,22,26)(H,23,27). The maximum Gasteiger partial charge on any atom is 0.262 e. The topological polar surface area (TPSA) is 127 Å². The molecule has 0 unspecified atom stereocenters. The lowest BCUT2D eigenvalue weighted by atomic mass is 10.2. The van der Waals surface area contributed by atoms with E-state index in [1.165, 1.54) is 23.5 Å². The maximum atomic E-state index is 12.7. The predicted molar refractivity (Wildman–Crippen MR) is 122 cm³/mol. The van der Waals surface area contributed by atoms with Crippen molar-refractivity contribution in [2.45, 2.75) is 43.4 Å². The number of nitrogens with one attached hydrogen (secondary N) is 2. The number of amides is 1. The maximum absolute atomic E-state index is 12.7. The number of nitrogens with zero attached hydrogens (tertiary/aromatic N) is 3. The molecule has 0 atom stereocenters. The molecule has 1 amide bonds. The molecule has 1 aromatic carbocycles. The van der Waals surface area contributed by atoms with Gasteiger partial charge in [-0.1, -0.05) is 23.7 Å². The van der Waals surface area contributed by atoms with E-state index in [0.29, 0.717) is 36.2 Å². The van der Waals surface area contributed by atoms with Crippen LogP contribution in [0.3, 0.4) is 0 Å². The minimum Gasteiger partial charge on any atom is -0.339 e. The normalized spacial score (nSPS) is 14.4. The number of anilines is 1. The van der Waals surface area contributed by atoms with Crippen molar-refractivity contribution in [1.29, 1.82) is 0 Å². The molecule has 3 heterocycles. The first-order valence-corrected chi connectivity index (χ1v) is 12.7. The molecule has 1 aliphatic rings. The highest BCUT2D eigenvalue weighted by molar-refractivity contribution is 7.90. The summed E-state index contributed by atoms with van der Waals surface area (Å²) in [4.78, 5) is 21.9. The molecule has 0 bridgehead atoms. The summed E-state index contributed by atoms with van der Waals surface area (Å²) in [5, 5.41) is 8.57. The lowest BCUT2D eigenvalue weighted by molar-refractivity contribution is -0.116. The van der Waals surface area contributed by atoms with Crippen molar-refractivity contribution >= 4 is 38.8 Å². The zero-order valence-electron chi connectivity index (χ0n) is 17.3. The Labute approximate surface area is 190 Å². The Balaban J connectivity index is 1.35. The molecule has 2 aromatic heterocycles. The third-order valence-corrected chi connectivity index (χ3v) is 7.07. The number of sulfonamides is 1. The molecule has 168 valence electrons.